The fourth-order valence-electron chi connectivity index (χ4n) is 4.08. The number of halogens is 1. The lowest BCUT2D eigenvalue weighted by Crippen LogP contribution is -2.50. The summed E-state index contributed by atoms with van der Waals surface area (Å²) in [4.78, 5) is 26.6. The molecule has 3 aliphatic rings. The minimum absolute atomic E-state index is 0.0575. The maximum Gasteiger partial charge on any atom is 0.414 e. The molecule has 3 heterocycles. The number of benzene rings is 1. The van der Waals surface area contributed by atoms with Crippen molar-refractivity contribution in [1.82, 2.24) is 5.32 Å². The summed E-state index contributed by atoms with van der Waals surface area (Å²) in [5.74, 6) is 1.52. The van der Waals surface area contributed by atoms with Crippen LogP contribution in [0.5, 0.6) is 0 Å². The smallest absolute Gasteiger partial charge is 0.414 e. The van der Waals surface area contributed by atoms with Crippen molar-refractivity contribution in [2.45, 2.75) is 31.5 Å². The maximum absolute atomic E-state index is 14.9. The summed E-state index contributed by atoms with van der Waals surface area (Å²) in [6.45, 7) is 4.22. The molecule has 1 N–H and O–H groups in total. The number of ether oxygens (including phenoxy) is 2. The molecule has 0 unspecified atom stereocenters. The van der Waals surface area contributed by atoms with Crippen LogP contribution in [0, 0.1) is 5.82 Å². The summed E-state index contributed by atoms with van der Waals surface area (Å²) in [6, 6.07) is 4.86. The lowest BCUT2D eigenvalue weighted by atomic mass is 9.92. The van der Waals surface area contributed by atoms with E-state index >= 15 is 0 Å². The lowest BCUT2D eigenvalue weighted by molar-refractivity contribution is -0.119. The highest BCUT2D eigenvalue weighted by atomic mass is 32.2. The Balaban J connectivity index is 1.39. The highest BCUT2D eigenvalue weighted by Crippen LogP contribution is 2.36. The van der Waals surface area contributed by atoms with Crippen LogP contribution in [0.4, 0.5) is 20.6 Å². The number of thioether (sulfide) groups is 1. The summed E-state index contributed by atoms with van der Waals surface area (Å²) >= 11 is 1.93. The predicted octanol–water partition coefficient (Wildman–Crippen LogP) is 2.39. The predicted molar refractivity (Wildman–Crippen MR) is 110 cm³/mol. The molecular formula is C20H26FN3O4S. The van der Waals surface area contributed by atoms with Crippen LogP contribution in [-0.4, -0.2) is 68.0 Å². The molecule has 0 bridgehead atoms. The first kappa shape index (κ1) is 20.3. The van der Waals surface area contributed by atoms with Gasteiger partial charge in [-0.05, 0) is 31.0 Å². The van der Waals surface area contributed by atoms with E-state index in [1.54, 1.807) is 12.1 Å². The van der Waals surface area contributed by atoms with Crippen LogP contribution < -0.4 is 15.1 Å². The minimum Gasteiger partial charge on any atom is -0.442 e. The van der Waals surface area contributed by atoms with Crippen LogP contribution in [0.1, 0.15) is 19.8 Å². The number of anilines is 2. The van der Waals surface area contributed by atoms with Crippen molar-refractivity contribution in [3.05, 3.63) is 24.0 Å². The van der Waals surface area contributed by atoms with Crippen LogP contribution in [0.3, 0.4) is 0 Å². The van der Waals surface area contributed by atoms with E-state index in [9.17, 15) is 14.0 Å². The quantitative estimate of drug-likeness (QED) is 0.802. The summed E-state index contributed by atoms with van der Waals surface area (Å²) in [5.41, 5.74) is 0.953. The molecule has 0 saturated carbocycles. The SMILES string of the molecule is CC(=O)NC[C@H]1CN(c2ccc(N3CCC4(CC3)CSCCO4)c(F)c2)C(=O)O1. The van der Waals surface area contributed by atoms with Crippen molar-refractivity contribution in [1.29, 1.82) is 0 Å². The molecule has 1 aromatic carbocycles. The first-order valence-electron chi connectivity index (χ1n) is 9.95. The van der Waals surface area contributed by atoms with E-state index in [2.05, 4.69) is 10.2 Å². The van der Waals surface area contributed by atoms with Gasteiger partial charge in [-0.1, -0.05) is 0 Å². The number of carbonyl (C=O) groups excluding carboxylic acids is 2. The number of hydrogen-bond donors (Lipinski definition) is 1. The number of hydrogen-bond acceptors (Lipinski definition) is 6. The second kappa shape index (κ2) is 8.39. The first-order chi connectivity index (χ1) is 14.0. The van der Waals surface area contributed by atoms with Gasteiger partial charge in [0.05, 0.1) is 36.7 Å². The summed E-state index contributed by atoms with van der Waals surface area (Å²) in [5, 5.41) is 2.63. The monoisotopic (exact) mass is 423 g/mol. The average Bonchev–Trinajstić information content (AvgIpc) is 3.09. The minimum atomic E-state index is -0.528. The third kappa shape index (κ3) is 4.45. The van der Waals surface area contributed by atoms with Gasteiger partial charge < -0.3 is 19.7 Å². The van der Waals surface area contributed by atoms with E-state index < -0.39 is 12.2 Å². The van der Waals surface area contributed by atoms with Gasteiger partial charge in [0.15, 0.2) is 0 Å². The molecule has 9 heteroatoms. The Labute approximate surface area is 173 Å². The van der Waals surface area contributed by atoms with Crippen molar-refractivity contribution in [3.8, 4) is 0 Å². The molecule has 3 fully saturated rings. The number of cyclic esters (lactones) is 1. The van der Waals surface area contributed by atoms with E-state index in [1.807, 2.05) is 11.8 Å². The van der Waals surface area contributed by atoms with Crippen molar-refractivity contribution in [2.24, 2.45) is 0 Å². The van der Waals surface area contributed by atoms with Crippen molar-refractivity contribution < 1.29 is 23.5 Å². The molecule has 4 rings (SSSR count). The topological polar surface area (TPSA) is 71.1 Å². The van der Waals surface area contributed by atoms with Gasteiger partial charge in [-0.3, -0.25) is 9.69 Å². The zero-order valence-electron chi connectivity index (χ0n) is 16.5. The Morgan fingerprint density at radius 2 is 2.17 bits per heavy atom. The Hall–Kier alpha value is -2.00. The molecule has 29 heavy (non-hydrogen) atoms. The maximum atomic E-state index is 14.9. The average molecular weight is 424 g/mol. The Morgan fingerprint density at radius 3 is 2.83 bits per heavy atom. The zero-order chi connectivity index (χ0) is 20.4. The van der Waals surface area contributed by atoms with Gasteiger partial charge in [0, 0.05) is 31.5 Å². The van der Waals surface area contributed by atoms with Crippen LogP contribution >= 0.6 is 11.8 Å². The van der Waals surface area contributed by atoms with E-state index in [1.165, 1.54) is 17.9 Å². The summed E-state index contributed by atoms with van der Waals surface area (Å²) < 4.78 is 26.2. The van der Waals surface area contributed by atoms with Gasteiger partial charge in [-0.2, -0.15) is 11.8 Å². The largest absolute Gasteiger partial charge is 0.442 e. The van der Waals surface area contributed by atoms with Crippen LogP contribution in [-0.2, 0) is 14.3 Å². The number of rotatable bonds is 4. The van der Waals surface area contributed by atoms with E-state index in [0.29, 0.717) is 11.4 Å². The zero-order valence-corrected chi connectivity index (χ0v) is 17.3. The number of carbonyl (C=O) groups is 2. The molecule has 3 aliphatic heterocycles. The Kier molecular flexibility index (Phi) is 5.87. The summed E-state index contributed by atoms with van der Waals surface area (Å²) in [7, 11) is 0. The number of nitrogens with zero attached hydrogens (tertiary/aromatic N) is 2. The molecular weight excluding hydrogens is 397 g/mol. The van der Waals surface area contributed by atoms with Gasteiger partial charge >= 0.3 is 6.09 Å². The normalized spacial score (nSPS) is 23.9. The standard InChI is InChI=1S/C20H26FN3O4S/c1-14(25)22-11-16-12-24(19(26)28-16)15-2-3-18(17(21)10-15)23-6-4-20(5-7-23)13-29-9-8-27-20/h2-3,10,16H,4-9,11-13H2,1H3,(H,22,25)/t16-/m0/s1. The van der Waals surface area contributed by atoms with Gasteiger partial charge in [0.1, 0.15) is 11.9 Å². The van der Waals surface area contributed by atoms with E-state index in [0.717, 1.165) is 44.0 Å². The highest BCUT2D eigenvalue weighted by Gasteiger charge is 2.38. The van der Waals surface area contributed by atoms with Crippen molar-refractivity contribution >= 4 is 35.1 Å². The van der Waals surface area contributed by atoms with Crippen LogP contribution in [0.2, 0.25) is 0 Å². The molecule has 0 aliphatic carbocycles. The number of piperidine rings is 1. The molecule has 0 radical (unpaired) electrons. The van der Waals surface area contributed by atoms with Gasteiger partial charge in [0.25, 0.3) is 0 Å². The molecule has 7 nitrogen and oxygen atoms in total. The number of amides is 2. The van der Waals surface area contributed by atoms with Crippen LogP contribution in [0.25, 0.3) is 0 Å². The lowest BCUT2D eigenvalue weighted by Gasteiger charge is -2.44. The molecule has 1 aromatic rings. The Bertz CT molecular complexity index is 777. The van der Waals surface area contributed by atoms with Gasteiger partial charge in [-0.25, -0.2) is 9.18 Å². The fourth-order valence-corrected chi connectivity index (χ4v) is 5.17. The Morgan fingerprint density at radius 1 is 1.38 bits per heavy atom. The molecule has 1 atom stereocenters. The molecule has 1 spiro atoms. The van der Waals surface area contributed by atoms with Gasteiger partial charge in [-0.15, -0.1) is 0 Å². The molecule has 3 saturated heterocycles. The first-order valence-corrected chi connectivity index (χ1v) is 11.1. The second-order valence-corrected chi connectivity index (χ2v) is 8.87. The third-order valence-electron chi connectivity index (χ3n) is 5.71. The highest BCUT2D eigenvalue weighted by molar-refractivity contribution is 7.99. The second-order valence-electron chi connectivity index (χ2n) is 7.76. The fraction of sp³-hybridized carbons (Fsp3) is 0.600. The van der Waals surface area contributed by atoms with Crippen LogP contribution in [0.15, 0.2) is 18.2 Å². The van der Waals surface area contributed by atoms with E-state index in [4.69, 9.17) is 9.47 Å². The van der Waals surface area contributed by atoms with E-state index in [-0.39, 0.29) is 30.4 Å². The third-order valence-corrected chi connectivity index (χ3v) is 6.90. The van der Waals surface area contributed by atoms with Gasteiger partial charge in [0.2, 0.25) is 5.91 Å². The molecule has 2 amide bonds. The van der Waals surface area contributed by atoms with Crippen molar-refractivity contribution in [3.63, 3.8) is 0 Å². The van der Waals surface area contributed by atoms with Crippen molar-refractivity contribution in [2.75, 3.05) is 54.1 Å². The summed E-state index contributed by atoms with van der Waals surface area (Å²) in [6.07, 6.45) is 0.815. The number of nitrogens with one attached hydrogen (secondary N) is 1. The molecule has 158 valence electrons. The molecule has 0 aromatic heterocycles.